The van der Waals surface area contributed by atoms with Gasteiger partial charge < -0.3 is 25.2 Å². The lowest BCUT2D eigenvalue weighted by atomic mass is 9.64. The van der Waals surface area contributed by atoms with Crippen LogP contribution >= 0.6 is 0 Å². The highest BCUT2D eigenvalue weighted by Crippen LogP contribution is 2.57. The molecule has 0 saturated heterocycles. The third-order valence-electron chi connectivity index (χ3n) is 7.55. The first-order valence-corrected chi connectivity index (χ1v) is 12.4. The first-order chi connectivity index (χ1) is 16.9. The van der Waals surface area contributed by atoms with Crippen molar-refractivity contribution in [1.82, 2.24) is 10.6 Å². The molecule has 2 amide bonds. The van der Waals surface area contributed by atoms with Crippen LogP contribution in [0.3, 0.4) is 0 Å². The summed E-state index contributed by atoms with van der Waals surface area (Å²) in [5.41, 5.74) is 2.19. The summed E-state index contributed by atoms with van der Waals surface area (Å²) in [6, 6.07) is 8.58. The van der Waals surface area contributed by atoms with Gasteiger partial charge in [-0.15, -0.1) is 0 Å². The fraction of sp³-hybridized carbons (Fsp3) is 0.519. The topological polar surface area (TPSA) is 109 Å². The van der Waals surface area contributed by atoms with Crippen molar-refractivity contribution >= 4 is 17.7 Å². The molecule has 0 aromatic heterocycles. The highest BCUT2D eigenvalue weighted by Gasteiger charge is 2.55. The lowest BCUT2D eigenvalue weighted by molar-refractivity contribution is -0.127. The van der Waals surface area contributed by atoms with Gasteiger partial charge in [0.15, 0.2) is 0 Å². The molecule has 1 aromatic rings. The van der Waals surface area contributed by atoms with Crippen LogP contribution in [-0.2, 0) is 25.5 Å². The summed E-state index contributed by atoms with van der Waals surface area (Å²) < 4.78 is 12.1. The van der Waals surface area contributed by atoms with E-state index in [4.69, 9.17) is 14.5 Å². The summed E-state index contributed by atoms with van der Waals surface area (Å²) in [6.07, 6.45) is 6.81. The van der Waals surface area contributed by atoms with Crippen LogP contribution in [0.25, 0.3) is 0 Å². The highest BCUT2D eigenvalue weighted by atomic mass is 16.5. The fourth-order valence-corrected chi connectivity index (χ4v) is 6.13. The van der Waals surface area contributed by atoms with E-state index < -0.39 is 12.1 Å². The van der Waals surface area contributed by atoms with Gasteiger partial charge in [-0.05, 0) is 30.9 Å². The Morgan fingerprint density at radius 1 is 1.29 bits per heavy atom. The summed E-state index contributed by atoms with van der Waals surface area (Å²) in [5, 5.41) is 16.3. The Bertz CT molecular complexity index is 1100. The Balaban J connectivity index is 1.50. The molecule has 1 saturated carbocycles. The van der Waals surface area contributed by atoms with E-state index in [1.807, 2.05) is 30.3 Å². The standard InChI is InChI=1S/C27H33N3O5/c1-16(31)28-20(12-17-8-4-3-5-9-17)25(33)29-21-15-27-11-7-6-10-23(27)35-22-14-18(32)13-19(24(22)27)30-26(21)34-2/h3-5,8-9,15,18-20,23,32H,6-7,10-14H2,1-2H3,(H,28,31)(H,29,33)/t18-,19+,20+,23+,27?/m1/s1. The molecule has 2 aliphatic carbocycles. The zero-order valence-corrected chi connectivity index (χ0v) is 20.3. The summed E-state index contributed by atoms with van der Waals surface area (Å²) in [6.45, 7) is 1.41. The monoisotopic (exact) mass is 479 g/mol. The van der Waals surface area contributed by atoms with Gasteiger partial charge in [-0.2, -0.15) is 0 Å². The van der Waals surface area contributed by atoms with E-state index in [1.54, 1.807) is 0 Å². The van der Waals surface area contributed by atoms with Gasteiger partial charge in [0.1, 0.15) is 23.6 Å². The largest absolute Gasteiger partial charge is 0.493 e. The molecule has 0 bridgehead atoms. The molecule has 5 atom stereocenters. The summed E-state index contributed by atoms with van der Waals surface area (Å²) >= 11 is 0. The van der Waals surface area contributed by atoms with Gasteiger partial charge in [-0.3, -0.25) is 9.59 Å². The maximum absolute atomic E-state index is 13.5. The molecule has 2 aliphatic heterocycles. The van der Waals surface area contributed by atoms with E-state index in [0.29, 0.717) is 30.9 Å². The first kappa shape index (κ1) is 23.6. The molecule has 1 spiro atoms. The SMILES string of the molecule is COC1=N[C@H]2C[C@@H](O)CC3=C2C2(C=C1NC(=O)[C@H](Cc1ccccc1)NC(C)=O)CCCC[C@@H]2O3. The van der Waals surface area contributed by atoms with Crippen LogP contribution in [0.4, 0.5) is 0 Å². The molecule has 2 heterocycles. The number of carbonyl (C=O) groups is 2. The molecule has 8 heteroatoms. The predicted molar refractivity (Wildman–Crippen MR) is 130 cm³/mol. The smallest absolute Gasteiger partial charge is 0.247 e. The number of nitrogens with one attached hydrogen (secondary N) is 2. The second kappa shape index (κ2) is 9.49. The van der Waals surface area contributed by atoms with Crippen LogP contribution in [0.5, 0.6) is 0 Å². The summed E-state index contributed by atoms with van der Waals surface area (Å²) in [5.74, 6) is 0.575. The molecule has 1 aromatic carbocycles. The van der Waals surface area contributed by atoms with Crippen molar-refractivity contribution in [1.29, 1.82) is 0 Å². The van der Waals surface area contributed by atoms with Crippen molar-refractivity contribution in [3.63, 3.8) is 0 Å². The number of amides is 2. The highest BCUT2D eigenvalue weighted by molar-refractivity contribution is 6.00. The molecule has 35 heavy (non-hydrogen) atoms. The second-order valence-corrected chi connectivity index (χ2v) is 9.97. The van der Waals surface area contributed by atoms with Gasteiger partial charge in [0.25, 0.3) is 0 Å². The number of methoxy groups -OCH3 is 1. The van der Waals surface area contributed by atoms with E-state index >= 15 is 0 Å². The van der Waals surface area contributed by atoms with Crippen molar-refractivity contribution in [3.8, 4) is 0 Å². The molecular weight excluding hydrogens is 446 g/mol. The number of ether oxygens (including phenoxy) is 2. The predicted octanol–water partition coefficient (Wildman–Crippen LogP) is 2.53. The maximum Gasteiger partial charge on any atom is 0.247 e. The maximum atomic E-state index is 13.5. The van der Waals surface area contributed by atoms with Gasteiger partial charge in [0, 0.05) is 31.8 Å². The van der Waals surface area contributed by atoms with E-state index in [1.165, 1.54) is 14.0 Å². The molecule has 0 radical (unpaired) electrons. The van der Waals surface area contributed by atoms with Crippen LogP contribution in [0.1, 0.15) is 51.0 Å². The number of aliphatic imine (C=N–C) groups is 1. The number of hydrogen-bond donors (Lipinski definition) is 3. The van der Waals surface area contributed by atoms with E-state index in [0.717, 1.165) is 42.6 Å². The van der Waals surface area contributed by atoms with Crippen molar-refractivity contribution in [2.75, 3.05) is 7.11 Å². The molecule has 8 nitrogen and oxygen atoms in total. The van der Waals surface area contributed by atoms with Crippen LogP contribution in [0.2, 0.25) is 0 Å². The third-order valence-corrected chi connectivity index (χ3v) is 7.55. The average molecular weight is 480 g/mol. The number of hydrogen-bond acceptors (Lipinski definition) is 6. The minimum Gasteiger partial charge on any atom is -0.493 e. The normalized spacial score (nSPS) is 30.0. The quantitative estimate of drug-likeness (QED) is 0.601. The Kier molecular flexibility index (Phi) is 6.40. The fourth-order valence-electron chi connectivity index (χ4n) is 6.13. The first-order valence-electron chi connectivity index (χ1n) is 12.4. The van der Waals surface area contributed by atoms with Gasteiger partial charge >= 0.3 is 0 Å². The van der Waals surface area contributed by atoms with Gasteiger partial charge in [-0.1, -0.05) is 36.8 Å². The molecule has 1 fully saturated rings. The van der Waals surface area contributed by atoms with Gasteiger partial charge in [0.05, 0.1) is 24.7 Å². The van der Waals surface area contributed by atoms with Crippen molar-refractivity contribution in [2.45, 2.75) is 76.2 Å². The second-order valence-electron chi connectivity index (χ2n) is 9.97. The van der Waals surface area contributed by atoms with Crippen LogP contribution in [-0.4, -0.2) is 54.2 Å². The van der Waals surface area contributed by atoms with Crippen LogP contribution in [0, 0.1) is 5.41 Å². The van der Waals surface area contributed by atoms with Crippen molar-refractivity contribution in [3.05, 3.63) is 59.0 Å². The van der Waals surface area contributed by atoms with E-state index in [2.05, 4.69) is 16.7 Å². The molecule has 1 unspecified atom stereocenters. The Morgan fingerprint density at radius 3 is 2.83 bits per heavy atom. The minimum atomic E-state index is -0.754. The van der Waals surface area contributed by atoms with Gasteiger partial charge in [0.2, 0.25) is 17.7 Å². The number of benzene rings is 1. The Hall–Kier alpha value is -3.13. The molecule has 4 aliphatic rings. The van der Waals surface area contributed by atoms with Crippen LogP contribution < -0.4 is 10.6 Å². The van der Waals surface area contributed by atoms with Crippen LogP contribution in [0.15, 0.2) is 58.4 Å². The Labute approximate surface area is 205 Å². The number of aliphatic hydroxyl groups is 1. The number of carbonyl (C=O) groups excluding carboxylic acids is 2. The molecule has 186 valence electrons. The van der Waals surface area contributed by atoms with Crippen molar-refractivity contribution < 1.29 is 24.2 Å². The van der Waals surface area contributed by atoms with Crippen molar-refractivity contribution in [2.24, 2.45) is 10.4 Å². The molecular formula is C27H33N3O5. The number of rotatable bonds is 5. The van der Waals surface area contributed by atoms with Gasteiger partial charge in [-0.25, -0.2) is 4.99 Å². The number of nitrogens with zero attached hydrogens (tertiary/aromatic N) is 1. The minimum absolute atomic E-state index is 0.0391. The molecule has 3 N–H and O–H groups in total. The van der Waals surface area contributed by atoms with E-state index in [9.17, 15) is 14.7 Å². The summed E-state index contributed by atoms with van der Waals surface area (Å²) in [7, 11) is 1.54. The average Bonchev–Trinajstić information content (AvgIpc) is 3.08. The zero-order chi connectivity index (χ0) is 24.6. The lowest BCUT2D eigenvalue weighted by Crippen LogP contribution is -2.48. The number of aliphatic hydroxyl groups excluding tert-OH is 1. The Morgan fingerprint density at radius 2 is 2.09 bits per heavy atom. The lowest BCUT2D eigenvalue weighted by Gasteiger charge is -2.39. The van der Waals surface area contributed by atoms with E-state index in [-0.39, 0.29) is 29.4 Å². The third kappa shape index (κ3) is 4.47. The molecule has 5 rings (SSSR count). The summed E-state index contributed by atoms with van der Waals surface area (Å²) in [4.78, 5) is 30.3. The zero-order valence-electron chi connectivity index (χ0n) is 20.3.